The molecule has 7 heteroatoms. The van der Waals surface area contributed by atoms with Gasteiger partial charge in [0.2, 0.25) is 5.91 Å². The van der Waals surface area contributed by atoms with Gasteiger partial charge < -0.3 is 10.6 Å². The number of hydrogen-bond donors (Lipinski definition) is 2. The molecule has 0 aliphatic heterocycles. The highest BCUT2D eigenvalue weighted by Gasteiger charge is 2.27. The number of aryl methyl sites for hydroxylation is 1. The van der Waals surface area contributed by atoms with Gasteiger partial charge in [0, 0.05) is 5.56 Å². The summed E-state index contributed by atoms with van der Waals surface area (Å²) in [6, 6.07) is 6.70. The normalized spacial score (nSPS) is 10.9. The molecular weight excluding hydrogens is 261 g/mol. The molecule has 1 rings (SSSR count). The van der Waals surface area contributed by atoms with E-state index in [9.17, 15) is 22.8 Å². The predicted molar refractivity (Wildman–Crippen MR) is 62.6 cm³/mol. The van der Waals surface area contributed by atoms with E-state index in [1.54, 1.807) is 36.5 Å². The molecule has 0 unspecified atom stereocenters. The fourth-order valence-corrected chi connectivity index (χ4v) is 1.34. The van der Waals surface area contributed by atoms with Gasteiger partial charge in [-0.25, -0.2) is 0 Å². The Kier molecular flexibility index (Phi) is 4.91. The number of halogens is 3. The SMILES string of the molecule is Cc1ccccc1C(=O)NCC(=O)NCC(F)(F)F. The molecule has 0 aliphatic rings. The van der Waals surface area contributed by atoms with Crippen LogP contribution in [0.3, 0.4) is 0 Å². The van der Waals surface area contributed by atoms with Crippen molar-refractivity contribution in [1.29, 1.82) is 0 Å². The first-order valence-corrected chi connectivity index (χ1v) is 5.47. The largest absolute Gasteiger partial charge is 0.405 e. The molecule has 0 spiro atoms. The minimum Gasteiger partial charge on any atom is -0.345 e. The lowest BCUT2D eigenvalue weighted by Crippen LogP contribution is -2.41. The maximum atomic E-state index is 11.8. The number of nitrogens with one attached hydrogen (secondary N) is 2. The van der Waals surface area contributed by atoms with E-state index in [0.29, 0.717) is 5.56 Å². The quantitative estimate of drug-likeness (QED) is 0.872. The zero-order chi connectivity index (χ0) is 14.5. The summed E-state index contributed by atoms with van der Waals surface area (Å²) in [7, 11) is 0. The van der Waals surface area contributed by atoms with Crippen molar-refractivity contribution in [2.24, 2.45) is 0 Å². The molecule has 19 heavy (non-hydrogen) atoms. The summed E-state index contributed by atoms with van der Waals surface area (Å²) in [5.74, 6) is -1.39. The molecular formula is C12H13F3N2O2. The van der Waals surface area contributed by atoms with Gasteiger partial charge in [0.1, 0.15) is 6.54 Å². The van der Waals surface area contributed by atoms with Crippen LogP contribution in [0.5, 0.6) is 0 Å². The Morgan fingerprint density at radius 1 is 1.16 bits per heavy atom. The number of hydrogen-bond acceptors (Lipinski definition) is 2. The molecule has 0 atom stereocenters. The van der Waals surface area contributed by atoms with Crippen molar-refractivity contribution in [1.82, 2.24) is 10.6 Å². The van der Waals surface area contributed by atoms with Crippen LogP contribution in [0.15, 0.2) is 24.3 Å². The van der Waals surface area contributed by atoms with E-state index < -0.39 is 31.1 Å². The topological polar surface area (TPSA) is 58.2 Å². The fourth-order valence-electron chi connectivity index (χ4n) is 1.34. The number of amides is 2. The summed E-state index contributed by atoms with van der Waals surface area (Å²) in [4.78, 5) is 22.7. The summed E-state index contributed by atoms with van der Waals surface area (Å²) >= 11 is 0. The van der Waals surface area contributed by atoms with Gasteiger partial charge in [0.05, 0.1) is 6.54 Å². The van der Waals surface area contributed by atoms with Gasteiger partial charge >= 0.3 is 6.18 Å². The highest BCUT2D eigenvalue weighted by Crippen LogP contribution is 2.11. The Bertz CT molecular complexity index is 472. The first kappa shape index (κ1) is 15.0. The highest BCUT2D eigenvalue weighted by atomic mass is 19.4. The van der Waals surface area contributed by atoms with Crippen molar-refractivity contribution in [2.45, 2.75) is 13.1 Å². The van der Waals surface area contributed by atoms with Crippen molar-refractivity contribution in [3.8, 4) is 0 Å². The summed E-state index contributed by atoms with van der Waals surface area (Å²) in [5.41, 5.74) is 1.10. The van der Waals surface area contributed by atoms with Crippen molar-refractivity contribution < 1.29 is 22.8 Å². The number of carbonyl (C=O) groups excluding carboxylic acids is 2. The molecule has 0 heterocycles. The molecule has 0 aromatic heterocycles. The van der Waals surface area contributed by atoms with Crippen molar-refractivity contribution >= 4 is 11.8 Å². The van der Waals surface area contributed by atoms with Gasteiger partial charge in [-0.15, -0.1) is 0 Å². The monoisotopic (exact) mass is 274 g/mol. The van der Waals surface area contributed by atoms with E-state index >= 15 is 0 Å². The molecule has 2 N–H and O–H groups in total. The second-order valence-corrected chi connectivity index (χ2v) is 3.89. The van der Waals surface area contributed by atoms with Crippen LogP contribution in [-0.2, 0) is 4.79 Å². The number of benzene rings is 1. The Morgan fingerprint density at radius 2 is 1.79 bits per heavy atom. The average Bonchev–Trinajstić information content (AvgIpc) is 2.33. The van der Waals surface area contributed by atoms with E-state index in [1.807, 2.05) is 0 Å². The van der Waals surface area contributed by atoms with Crippen LogP contribution in [0.25, 0.3) is 0 Å². The molecule has 4 nitrogen and oxygen atoms in total. The second kappa shape index (κ2) is 6.21. The molecule has 0 fully saturated rings. The van der Waals surface area contributed by atoms with Crippen LogP contribution in [0.2, 0.25) is 0 Å². The van der Waals surface area contributed by atoms with Gasteiger partial charge in [-0.05, 0) is 18.6 Å². The van der Waals surface area contributed by atoms with Crippen LogP contribution in [-0.4, -0.2) is 31.1 Å². The summed E-state index contributed by atoms with van der Waals surface area (Å²) in [5, 5.41) is 3.92. The lowest BCUT2D eigenvalue weighted by Gasteiger charge is -2.09. The molecule has 0 aliphatic carbocycles. The standard InChI is InChI=1S/C12H13F3N2O2/c1-8-4-2-3-5-9(8)11(19)16-6-10(18)17-7-12(13,14)15/h2-5H,6-7H2,1H3,(H,16,19)(H,17,18). The van der Waals surface area contributed by atoms with Gasteiger partial charge in [-0.1, -0.05) is 18.2 Å². The van der Waals surface area contributed by atoms with Crippen LogP contribution in [0.4, 0.5) is 13.2 Å². The third-order valence-electron chi connectivity index (χ3n) is 2.29. The van der Waals surface area contributed by atoms with Crippen LogP contribution in [0, 0.1) is 6.92 Å². The third kappa shape index (κ3) is 5.41. The van der Waals surface area contributed by atoms with Crippen LogP contribution in [0.1, 0.15) is 15.9 Å². The summed E-state index contributed by atoms with van der Waals surface area (Å²) in [6.07, 6.45) is -4.46. The summed E-state index contributed by atoms with van der Waals surface area (Å²) in [6.45, 7) is -0.187. The molecule has 104 valence electrons. The number of carbonyl (C=O) groups is 2. The smallest absolute Gasteiger partial charge is 0.345 e. The van der Waals surface area contributed by atoms with Crippen LogP contribution >= 0.6 is 0 Å². The van der Waals surface area contributed by atoms with Crippen LogP contribution < -0.4 is 10.6 Å². The highest BCUT2D eigenvalue weighted by molar-refractivity contribution is 5.97. The molecule has 0 saturated heterocycles. The molecule has 0 radical (unpaired) electrons. The fraction of sp³-hybridized carbons (Fsp3) is 0.333. The van der Waals surface area contributed by atoms with Gasteiger partial charge in [-0.3, -0.25) is 9.59 Å². The van der Waals surface area contributed by atoms with Gasteiger partial charge in [0.15, 0.2) is 0 Å². The Morgan fingerprint density at radius 3 is 2.37 bits per heavy atom. The molecule has 1 aromatic rings. The second-order valence-electron chi connectivity index (χ2n) is 3.89. The molecule has 0 bridgehead atoms. The molecule has 2 amide bonds. The first-order valence-electron chi connectivity index (χ1n) is 5.47. The van der Waals surface area contributed by atoms with E-state index in [2.05, 4.69) is 5.32 Å². The predicted octanol–water partition coefficient (Wildman–Crippen LogP) is 1.40. The van der Waals surface area contributed by atoms with Gasteiger partial charge in [0.25, 0.3) is 5.91 Å². The zero-order valence-corrected chi connectivity index (χ0v) is 10.2. The van der Waals surface area contributed by atoms with E-state index in [-0.39, 0.29) is 0 Å². The third-order valence-corrected chi connectivity index (χ3v) is 2.29. The Hall–Kier alpha value is -2.05. The lowest BCUT2D eigenvalue weighted by atomic mass is 10.1. The van der Waals surface area contributed by atoms with E-state index in [4.69, 9.17) is 0 Å². The summed E-state index contributed by atoms with van der Waals surface area (Å²) < 4.78 is 35.5. The number of alkyl halides is 3. The lowest BCUT2D eigenvalue weighted by molar-refractivity contribution is -0.137. The first-order chi connectivity index (χ1) is 8.79. The van der Waals surface area contributed by atoms with E-state index in [0.717, 1.165) is 5.56 Å². The molecule has 0 saturated carbocycles. The van der Waals surface area contributed by atoms with Crippen molar-refractivity contribution in [3.05, 3.63) is 35.4 Å². The Balaban J connectivity index is 2.43. The zero-order valence-electron chi connectivity index (χ0n) is 10.2. The minimum atomic E-state index is -4.46. The number of rotatable bonds is 4. The maximum Gasteiger partial charge on any atom is 0.405 e. The maximum absolute atomic E-state index is 11.8. The Labute approximate surface area is 108 Å². The average molecular weight is 274 g/mol. The minimum absolute atomic E-state index is 0.381. The van der Waals surface area contributed by atoms with Gasteiger partial charge in [-0.2, -0.15) is 13.2 Å². The van der Waals surface area contributed by atoms with Crippen molar-refractivity contribution in [2.75, 3.05) is 13.1 Å². The van der Waals surface area contributed by atoms with Crippen molar-refractivity contribution in [3.63, 3.8) is 0 Å². The molecule has 1 aromatic carbocycles. The van der Waals surface area contributed by atoms with E-state index in [1.165, 1.54) is 0 Å².